The molecule has 0 heterocycles. The van der Waals surface area contributed by atoms with Crippen LogP contribution in [0.5, 0.6) is 5.75 Å². The van der Waals surface area contributed by atoms with Crippen molar-refractivity contribution in [1.29, 1.82) is 0 Å². The number of halogens is 2. The molecule has 0 spiro atoms. The number of hydrogen-bond donors (Lipinski definition) is 2. The van der Waals surface area contributed by atoms with Crippen molar-refractivity contribution in [3.8, 4) is 5.75 Å². The lowest BCUT2D eigenvalue weighted by molar-refractivity contribution is -0.118. The SMILES string of the molecule is O=C(COc1cc(F)cc(CO)c1)Nc1cccc(Cl)c1. The molecule has 1 amide bonds. The summed E-state index contributed by atoms with van der Waals surface area (Å²) in [5.41, 5.74) is 0.923. The predicted molar refractivity (Wildman–Crippen MR) is 77.9 cm³/mol. The largest absolute Gasteiger partial charge is 0.484 e. The third-order valence-electron chi connectivity index (χ3n) is 2.59. The van der Waals surface area contributed by atoms with Gasteiger partial charge in [0.05, 0.1) is 6.61 Å². The van der Waals surface area contributed by atoms with Gasteiger partial charge in [-0.1, -0.05) is 17.7 Å². The number of anilines is 1. The molecule has 21 heavy (non-hydrogen) atoms. The molecule has 2 N–H and O–H groups in total. The lowest BCUT2D eigenvalue weighted by Gasteiger charge is -2.09. The van der Waals surface area contributed by atoms with Crippen LogP contribution < -0.4 is 10.1 Å². The summed E-state index contributed by atoms with van der Waals surface area (Å²) < 4.78 is 18.4. The summed E-state index contributed by atoms with van der Waals surface area (Å²) in [7, 11) is 0. The molecule has 0 saturated carbocycles. The number of nitrogens with one attached hydrogen (secondary N) is 1. The molecule has 0 aromatic heterocycles. The maximum absolute atomic E-state index is 13.2. The molecule has 0 radical (unpaired) electrons. The highest BCUT2D eigenvalue weighted by Crippen LogP contribution is 2.17. The molecule has 0 fully saturated rings. The van der Waals surface area contributed by atoms with Crippen LogP contribution >= 0.6 is 11.6 Å². The van der Waals surface area contributed by atoms with Crippen LogP contribution in [0.25, 0.3) is 0 Å². The smallest absolute Gasteiger partial charge is 0.262 e. The zero-order valence-corrected chi connectivity index (χ0v) is 11.7. The van der Waals surface area contributed by atoms with Gasteiger partial charge in [-0.25, -0.2) is 4.39 Å². The number of hydrogen-bond acceptors (Lipinski definition) is 3. The minimum Gasteiger partial charge on any atom is -0.484 e. The summed E-state index contributed by atoms with van der Waals surface area (Å²) >= 11 is 5.80. The molecule has 4 nitrogen and oxygen atoms in total. The lowest BCUT2D eigenvalue weighted by atomic mass is 10.2. The quantitative estimate of drug-likeness (QED) is 0.892. The van der Waals surface area contributed by atoms with E-state index in [4.69, 9.17) is 21.4 Å². The number of aliphatic hydroxyl groups is 1. The number of rotatable bonds is 5. The van der Waals surface area contributed by atoms with E-state index >= 15 is 0 Å². The van der Waals surface area contributed by atoms with Crippen molar-refractivity contribution in [2.75, 3.05) is 11.9 Å². The fraction of sp³-hybridized carbons (Fsp3) is 0.133. The third kappa shape index (κ3) is 4.73. The molecule has 2 rings (SSSR count). The Hall–Kier alpha value is -2.11. The molecule has 0 bridgehead atoms. The number of aliphatic hydroxyl groups excluding tert-OH is 1. The van der Waals surface area contributed by atoms with Gasteiger partial charge in [-0.3, -0.25) is 4.79 Å². The monoisotopic (exact) mass is 309 g/mol. The van der Waals surface area contributed by atoms with E-state index in [1.165, 1.54) is 12.1 Å². The molecule has 0 aliphatic rings. The third-order valence-corrected chi connectivity index (χ3v) is 2.83. The van der Waals surface area contributed by atoms with Crippen molar-refractivity contribution in [2.45, 2.75) is 6.61 Å². The number of carbonyl (C=O) groups excluding carboxylic acids is 1. The maximum Gasteiger partial charge on any atom is 0.262 e. The summed E-state index contributed by atoms with van der Waals surface area (Å²) in [6, 6.07) is 10.5. The van der Waals surface area contributed by atoms with Crippen molar-refractivity contribution in [3.05, 3.63) is 58.9 Å². The molecular weight excluding hydrogens is 297 g/mol. The first-order chi connectivity index (χ1) is 10.1. The van der Waals surface area contributed by atoms with E-state index in [0.29, 0.717) is 16.3 Å². The fourth-order valence-corrected chi connectivity index (χ4v) is 1.90. The van der Waals surface area contributed by atoms with Gasteiger partial charge in [-0.2, -0.15) is 0 Å². The Balaban J connectivity index is 1.93. The van der Waals surface area contributed by atoms with E-state index in [2.05, 4.69) is 5.32 Å². The van der Waals surface area contributed by atoms with E-state index < -0.39 is 11.7 Å². The molecule has 0 saturated heterocycles. The van der Waals surface area contributed by atoms with Gasteiger partial charge in [0.2, 0.25) is 0 Å². The van der Waals surface area contributed by atoms with E-state index in [1.54, 1.807) is 24.3 Å². The van der Waals surface area contributed by atoms with Crippen LogP contribution in [0, 0.1) is 5.82 Å². The van der Waals surface area contributed by atoms with Crippen LogP contribution in [0.1, 0.15) is 5.56 Å². The minimum absolute atomic E-state index is 0.181. The van der Waals surface area contributed by atoms with Crippen LogP contribution in [-0.4, -0.2) is 17.6 Å². The highest BCUT2D eigenvalue weighted by Gasteiger charge is 2.06. The fourth-order valence-electron chi connectivity index (χ4n) is 1.71. The van der Waals surface area contributed by atoms with Gasteiger partial charge >= 0.3 is 0 Å². The lowest BCUT2D eigenvalue weighted by Crippen LogP contribution is -2.20. The first-order valence-electron chi connectivity index (χ1n) is 6.15. The van der Waals surface area contributed by atoms with E-state index in [0.717, 1.165) is 6.07 Å². The van der Waals surface area contributed by atoms with Gasteiger partial charge in [0.15, 0.2) is 6.61 Å². The Bertz CT molecular complexity index is 649. The first-order valence-corrected chi connectivity index (χ1v) is 6.53. The molecule has 2 aromatic rings. The van der Waals surface area contributed by atoms with Crippen molar-refractivity contribution < 1.29 is 19.0 Å². The molecule has 2 aromatic carbocycles. The molecule has 6 heteroatoms. The minimum atomic E-state index is -0.535. The van der Waals surface area contributed by atoms with E-state index in [9.17, 15) is 9.18 Å². The normalized spacial score (nSPS) is 10.2. The summed E-state index contributed by atoms with van der Waals surface area (Å²) in [6.45, 7) is -0.580. The van der Waals surface area contributed by atoms with Crippen molar-refractivity contribution in [2.24, 2.45) is 0 Å². The van der Waals surface area contributed by atoms with Crippen LogP contribution in [0.2, 0.25) is 5.02 Å². The average Bonchev–Trinajstić information content (AvgIpc) is 2.44. The van der Waals surface area contributed by atoms with E-state index in [-0.39, 0.29) is 19.0 Å². The number of amides is 1. The van der Waals surface area contributed by atoms with Crippen LogP contribution in [0.15, 0.2) is 42.5 Å². The Morgan fingerprint density at radius 1 is 1.29 bits per heavy atom. The Morgan fingerprint density at radius 2 is 2.10 bits per heavy atom. The van der Waals surface area contributed by atoms with Crippen molar-refractivity contribution >= 4 is 23.2 Å². The second-order valence-corrected chi connectivity index (χ2v) is 4.74. The molecule has 0 atom stereocenters. The average molecular weight is 310 g/mol. The summed E-state index contributed by atoms with van der Waals surface area (Å²) in [5, 5.41) is 12.1. The van der Waals surface area contributed by atoms with Gasteiger partial charge in [0.25, 0.3) is 5.91 Å². The van der Waals surface area contributed by atoms with Crippen LogP contribution in [0.4, 0.5) is 10.1 Å². The van der Waals surface area contributed by atoms with Gasteiger partial charge in [0.1, 0.15) is 11.6 Å². The topological polar surface area (TPSA) is 58.6 Å². The van der Waals surface area contributed by atoms with Gasteiger partial charge in [0, 0.05) is 16.8 Å². The summed E-state index contributed by atoms with van der Waals surface area (Å²) in [6.07, 6.45) is 0. The van der Waals surface area contributed by atoms with Gasteiger partial charge in [-0.15, -0.1) is 0 Å². The van der Waals surface area contributed by atoms with Crippen LogP contribution in [-0.2, 0) is 11.4 Å². The Morgan fingerprint density at radius 3 is 2.81 bits per heavy atom. The number of benzene rings is 2. The highest BCUT2D eigenvalue weighted by molar-refractivity contribution is 6.30. The van der Waals surface area contributed by atoms with Crippen LogP contribution in [0.3, 0.4) is 0 Å². The second kappa shape index (κ2) is 7.06. The van der Waals surface area contributed by atoms with Crippen molar-refractivity contribution in [1.82, 2.24) is 0 Å². The molecule has 110 valence electrons. The summed E-state index contributed by atoms with van der Waals surface area (Å²) in [4.78, 5) is 11.7. The maximum atomic E-state index is 13.2. The standard InChI is InChI=1S/C15H13ClFNO3/c16-11-2-1-3-13(6-11)18-15(20)9-21-14-5-10(8-19)4-12(17)7-14/h1-7,19H,8-9H2,(H,18,20). The zero-order valence-electron chi connectivity index (χ0n) is 11.0. The highest BCUT2D eigenvalue weighted by atomic mass is 35.5. The number of ether oxygens (including phenoxy) is 1. The molecule has 0 aliphatic carbocycles. The van der Waals surface area contributed by atoms with Gasteiger partial charge < -0.3 is 15.2 Å². The summed E-state index contributed by atoms with van der Waals surface area (Å²) in [5.74, 6) is -0.751. The molecule has 0 unspecified atom stereocenters. The van der Waals surface area contributed by atoms with E-state index in [1.807, 2.05) is 0 Å². The molecule has 0 aliphatic heterocycles. The van der Waals surface area contributed by atoms with Crippen molar-refractivity contribution in [3.63, 3.8) is 0 Å². The second-order valence-electron chi connectivity index (χ2n) is 4.30. The number of carbonyl (C=O) groups is 1. The van der Waals surface area contributed by atoms with Gasteiger partial charge in [-0.05, 0) is 35.9 Å². The zero-order chi connectivity index (χ0) is 15.2. The Kier molecular flexibility index (Phi) is 5.14. The molecular formula is C15H13ClFNO3. The predicted octanol–water partition coefficient (Wildman–Crippen LogP) is 2.99. The first kappa shape index (κ1) is 15.3. The Labute approximate surface area is 126 Å².